The van der Waals surface area contributed by atoms with Gasteiger partial charge in [-0.25, -0.2) is 4.39 Å². The van der Waals surface area contributed by atoms with E-state index in [2.05, 4.69) is 20.3 Å². The number of nitrogens with one attached hydrogen (secondary N) is 1. The summed E-state index contributed by atoms with van der Waals surface area (Å²) in [5.74, 6) is 0.558. The zero-order chi connectivity index (χ0) is 18.3. The van der Waals surface area contributed by atoms with Crippen LogP contribution >= 0.6 is 0 Å². The van der Waals surface area contributed by atoms with E-state index in [-0.39, 0.29) is 5.82 Å². The van der Waals surface area contributed by atoms with Gasteiger partial charge >= 0.3 is 0 Å². The number of benzene rings is 2. The molecule has 2 heterocycles. The van der Waals surface area contributed by atoms with E-state index in [0.29, 0.717) is 29.4 Å². The minimum atomic E-state index is -0.247. The third-order valence-electron chi connectivity index (χ3n) is 4.22. The molecule has 0 unspecified atom stereocenters. The Hall–Kier alpha value is -3.06. The summed E-state index contributed by atoms with van der Waals surface area (Å²) in [5.41, 5.74) is 3.83. The number of aromatic nitrogens is 4. The molecule has 0 aliphatic heterocycles. The molecular weight excluding hydrogens is 333 g/mol. The fraction of sp³-hybridized carbons (Fsp3) is 0.211. The summed E-state index contributed by atoms with van der Waals surface area (Å²) < 4.78 is 19.4. The van der Waals surface area contributed by atoms with E-state index in [9.17, 15) is 4.39 Å². The van der Waals surface area contributed by atoms with Gasteiger partial charge in [0, 0.05) is 28.8 Å². The molecule has 0 bridgehead atoms. The molecule has 2 aromatic heterocycles. The van der Waals surface area contributed by atoms with Gasteiger partial charge in [-0.05, 0) is 45.3 Å². The normalized spacial score (nSPS) is 11.6. The maximum Gasteiger partial charge on any atom is 0.260 e. The van der Waals surface area contributed by atoms with Gasteiger partial charge in [0.15, 0.2) is 0 Å². The van der Waals surface area contributed by atoms with Gasteiger partial charge in [-0.3, -0.25) is 5.10 Å². The molecular formula is C19H18FN5O. The van der Waals surface area contributed by atoms with Crippen molar-refractivity contribution in [1.29, 1.82) is 0 Å². The molecule has 6 nitrogen and oxygen atoms in total. The molecule has 0 atom stereocenters. The average Bonchev–Trinajstić information content (AvgIpc) is 3.24. The van der Waals surface area contributed by atoms with Crippen LogP contribution in [0.2, 0.25) is 0 Å². The Morgan fingerprint density at radius 3 is 2.85 bits per heavy atom. The van der Waals surface area contributed by atoms with E-state index in [4.69, 9.17) is 4.52 Å². The van der Waals surface area contributed by atoms with Crippen molar-refractivity contribution in [1.82, 2.24) is 25.2 Å². The predicted octanol–water partition coefficient (Wildman–Crippen LogP) is 3.79. The van der Waals surface area contributed by atoms with Crippen molar-refractivity contribution < 1.29 is 8.91 Å². The maximum absolute atomic E-state index is 14.0. The molecule has 1 N–H and O–H groups in total. The highest BCUT2D eigenvalue weighted by molar-refractivity contribution is 5.93. The molecule has 0 spiro atoms. The topological polar surface area (TPSA) is 70.8 Å². The van der Waals surface area contributed by atoms with Crippen molar-refractivity contribution in [3.05, 3.63) is 53.5 Å². The summed E-state index contributed by atoms with van der Waals surface area (Å²) >= 11 is 0. The van der Waals surface area contributed by atoms with E-state index in [1.54, 1.807) is 12.1 Å². The van der Waals surface area contributed by atoms with Crippen LogP contribution in [-0.2, 0) is 6.54 Å². The number of para-hydroxylation sites is 1. The van der Waals surface area contributed by atoms with E-state index in [1.165, 1.54) is 6.07 Å². The highest BCUT2D eigenvalue weighted by atomic mass is 19.1. The Morgan fingerprint density at radius 2 is 2.04 bits per heavy atom. The summed E-state index contributed by atoms with van der Waals surface area (Å²) in [6.45, 7) is 2.46. The quantitative estimate of drug-likeness (QED) is 0.606. The minimum Gasteiger partial charge on any atom is -0.334 e. The number of rotatable bonds is 4. The lowest BCUT2D eigenvalue weighted by Crippen LogP contribution is -2.12. The largest absolute Gasteiger partial charge is 0.334 e. The molecule has 132 valence electrons. The molecule has 4 rings (SSSR count). The molecule has 4 aromatic rings. The van der Waals surface area contributed by atoms with E-state index >= 15 is 0 Å². The van der Waals surface area contributed by atoms with Crippen LogP contribution in [0.15, 0.2) is 40.9 Å². The Kier molecular flexibility index (Phi) is 4.00. The SMILES string of the molecule is Cc1[nH]nc2c(-c3nc(-c4ccc(F)c(CN(C)C)c4)no3)cccc12. The Labute approximate surface area is 149 Å². The number of hydrogen-bond donors (Lipinski definition) is 1. The molecule has 0 aliphatic rings. The molecule has 0 saturated heterocycles. The molecule has 0 amide bonds. The second-order valence-corrected chi connectivity index (χ2v) is 6.52. The van der Waals surface area contributed by atoms with Gasteiger partial charge in [-0.2, -0.15) is 10.1 Å². The summed E-state index contributed by atoms with van der Waals surface area (Å²) in [4.78, 5) is 6.40. The van der Waals surface area contributed by atoms with Crippen molar-refractivity contribution in [2.45, 2.75) is 13.5 Å². The molecule has 2 aromatic carbocycles. The van der Waals surface area contributed by atoms with Crippen LogP contribution < -0.4 is 0 Å². The van der Waals surface area contributed by atoms with Gasteiger partial charge in [-0.15, -0.1) is 0 Å². The van der Waals surface area contributed by atoms with Crippen LogP contribution in [0.25, 0.3) is 33.7 Å². The lowest BCUT2D eigenvalue weighted by atomic mass is 10.1. The summed E-state index contributed by atoms with van der Waals surface area (Å²) in [5, 5.41) is 12.4. The van der Waals surface area contributed by atoms with Crippen molar-refractivity contribution in [3.63, 3.8) is 0 Å². The number of nitrogens with zero attached hydrogens (tertiary/aromatic N) is 4. The Bertz CT molecular complexity index is 1080. The average molecular weight is 351 g/mol. The van der Waals surface area contributed by atoms with Crippen molar-refractivity contribution in [2.24, 2.45) is 0 Å². The molecule has 7 heteroatoms. The summed E-state index contributed by atoms with van der Waals surface area (Å²) in [6.07, 6.45) is 0. The zero-order valence-corrected chi connectivity index (χ0v) is 14.7. The first-order valence-electron chi connectivity index (χ1n) is 8.24. The molecule has 0 fully saturated rings. The van der Waals surface area contributed by atoms with Crippen LogP contribution in [0.3, 0.4) is 0 Å². The summed E-state index contributed by atoms with van der Waals surface area (Å²) in [7, 11) is 3.79. The van der Waals surface area contributed by atoms with Crippen LogP contribution in [0.1, 0.15) is 11.3 Å². The first-order chi connectivity index (χ1) is 12.5. The van der Waals surface area contributed by atoms with E-state index < -0.39 is 0 Å². The molecule has 0 saturated carbocycles. The number of aromatic amines is 1. The Morgan fingerprint density at radius 1 is 1.19 bits per heavy atom. The van der Waals surface area contributed by atoms with Gasteiger partial charge in [0.25, 0.3) is 5.89 Å². The lowest BCUT2D eigenvalue weighted by Gasteiger charge is -2.11. The molecule has 26 heavy (non-hydrogen) atoms. The number of H-pyrrole nitrogens is 1. The highest BCUT2D eigenvalue weighted by Crippen LogP contribution is 2.29. The van der Waals surface area contributed by atoms with Gasteiger partial charge < -0.3 is 9.42 Å². The standard InChI is InChI=1S/C19H18FN5O/c1-11-14-5-4-6-15(17(14)23-22-11)19-21-18(24-26-19)12-7-8-16(20)13(9-12)10-25(2)3/h4-9H,10H2,1-3H3,(H,22,23). The van der Waals surface area contributed by atoms with Crippen LogP contribution in [0.5, 0.6) is 0 Å². The van der Waals surface area contributed by atoms with Crippen molar-refractivity contribution in [3.8, 4) is 22.8 Å². The fourth-order valence-electron chi connectivity index (χ4n) is 2.96. The Balaban J connectivity index is 1.74. The van der Waals surface area contributed by atoms with Gasteiger partial charge in [-0.1, -0.05) is 17.3 Å². The van der Waals surface area contributed by atoms with Crippen LogP contribution in [0, 0.1) is 12.7 Å². The number of halogens is 1. The summed E-state index contributed by atoms with van der Waals surface area (Å²) in [6, 6.07) is 10.6. The predicted molar refractivity (Wildman–Crippen MR) is 96.9 cm³/mol. The first-order valence-corrected chi connectivity index (χ1v) is 8.24. The molecule has 0 aliphatic carbocycles. The lowest BCUT2D eigenvalue weighted by molar-refractivity contribution is 0.392. The van der Waals surface area contributed by atoms with Crippen molar-refractivity contribution in [2.75, 3.05) is 14.1 Å². The van der Waals surface area contributed by atoms with Gasteiger partial charge in [0.2, 0.25) is 5.82 Å². The second kappa shape index (κ2) is 6.34. The van der Waals surface area contributed by atoms with Crippen LogP contribution in [-0.4, -0.2) is 39.3 Å². The van der Waals surface area contributed by atoms with E-state index in [1.807, 2.05) is 44.1 Å². The number of hydrogen-bond acceptors (Lipinski definition) is 5. The zero-order valence-electron chi connectivity index (χ0n) is 14.7. The second-order valence-electron chi connectivity index (χ2n) is 6.52. The number of aryl methyl sites for hydroxylation is 1. The minimum absolute atomic E-state index is 0.247. The smallest absolute Gasteiger partial charge is 0.260 e. The number of fused-ring (bicyclic) bond motifs is 1. The van der Waals surface area contributed by atoms with Crippen LogP contribution in [0.4, 0.5) is 4.39 Å². The van der Waals surface area contributed by atoms with Crippen molar-refractivity contribution >= 4 is 10.9 Å². The maximum atomic E-state index is 14.0. The monoisotopic (exact) mass is 351 g/mol. The van der Waals surface area contributed by atoms with E-state index in [0.717, 1.165) is 22.2 Å². The van der Waals surface area contributed by atoms with Gasteiger partial charge in [0.1, 0.15) is 11.3 Å². The third-order valence-corrected chi connectivity index (χ3v) is 4.22. The molecule has 0 radical (unpaired) electrons. The third kappa shape index (κ3) is 2.86. The first kappa shape index (κ1) is 16.4. The fourth-order valence-corrected chi connectivity index (χ4v) is 2.96. The van der Waals surface area contributed by atoms with Gasteiger partial charge in [0.05, 0.1) is 5.56 Å². The highest BCUT2D eigenvalue weighted by Gasteiger charge is 2.16.